The second-order valence-corrected chi connectivity index (χ2v) is 5.09. The molecule has 22 heavy (non-hydrogen) atoms. The number of anilines is 1. The lowest BCUT2D eigenvalue weighted by Crippen LogP contribution is -2.49. The zero-order valence-corrected chi connectivity index (χ0v) is 11.9. The van der Waals surface area contributed by atoms with Crippen molar-refractivity contribution in [2.45, 2.75) is 0 Å². The lowest BCUT2D eigenvalue weighted by molar-refractivity contribution is 0.0740. The van der Waals surface area contributed by atoms with E-state index in [9.17, 15) is 14.7 Å². The number of phenolic OH excluding ortho intramolecular Hbond substituents is 1. The zero-order valence-electron chi connectivity index (χ0n) is 11.9. The number of phenols is 1. The van der Waals surface area contributed by atoms with Gasteiger partial charge < -0.3 is 19.9 Å². The summed E-state index contributed by atoms with van der Waals surface area (Å²) in [6.07, 6.45) is 1.24. The van der Waals surface area contributed by atoms with Gasteiger partial charge in [0.1, 0.15) is 11.4 Å². The number of carbonyl (C=O) groups is 1. The first-order valence-corrected chi connectivity index (χ1v) is 7.01. The molecule has 0 bridgehead atoms. The van der Waals surface area contributed by atoms with Crippen LogP contribution in [-0.2, 0) is 0 Å². The SMILES string of the molecule is O=C(c1cc(=O)[nH]cn1)N1CCN(c2ccc(O)cc2)CC1. The summed E-state index contributed by atoms with van der Waals surface area (Å²) >= 11 is 0. The second-order valence-electron chi connectivity index (χ2n) is 5.09. The van der Waals surface area contributed by atoms with E-state index in [4.69, 9.17) is 0 Å². The van der Waals surface area contributed by atoms with Crippen LogP contribution in [0.25, 0.3) is 0 Å². The van der Waals surface area contributed by atoms with Crippen LogP contribution in [0, 0.1) is 0 Å². The maximum Gasteiger partial charge on any atom is 0.272 e. The Morgan fingerprint density at radius 2 is 1.82 bits per heavy atom. The molecule has 1 amide bonds. The van der Waals surface area contributed by atoms with Gasteiger partial charge in [-0.3, -0.25) is 9.59 Å². The summed E-state index contributed by atoms with van der Waals surface area (Å²) in [5.41, 5.74) is 0.849. The van der Waals surface area contributed by atoms with E-state index in [1.54, 1.807) is 17.0 Å². The number of hydrogen-bond donors (Lipinski definition) is 2. The van der Waals surface area contributed by atoms with Crippen molar-refractivity contribution in [1.29, 1.82) is 0 Å². The van der Waals surface area contributed by atoms with Gasteiger partial charge in [0.2, 0.25) is 0 Å². The van der Waals surface area contributed by atoms with Crippen LogP contribution < -0.4 is 10.5 Å². The second kappa shape index (κ2) is 5.88. The van der Waals surface area contributed by atoms with Crippen molar-refractivity contribution < 1.29 is 9.90 Å². The first kappa shape index (κ1) is 14.1. The molecule has 2 N–H and O–H groups in total. The van der Waals surface area contributed by atoms with Crippen LogP contribution in [0.1, 0.15) is 10.5 Å². The quantitative estimate of drug-likeness (QED) is 0.840. The predicted molar refractivity (Wildman–Crippen MR) is 81.1 cm³/mol. The molecule has 7 nitrogen and oxygen atoms in total. The number of nitrogens with one attached hydrogen (secondary N) is 1. The molecule has 0 radical (unpaired) electrons. The normalized spacial score (nSPS) is 14.9. The molecule has 3 rings (SSSR count). The number of carbonyl (C=O) groups excluding carboxylic acids is 1. The maximum absolute atomic E-state index is 12.3. The van der Waals surface area contributed by atoms with Crippen LogP contribution >= 0.6 is 0 Å². The molecule has 1 saturated heterocycles. The van der Waals surface area contributed by atoms with Crippen LogP contribution in [0.2, 0.25) is 0 Å². The van der Waals surface area contributed by atoms with Crippen molar-refractivity contribution in [3.05, 3.63) is 52.7 Å². The Morgan fingerprint density at radius 3 is 2.45 bits per heavy atom. The summed E-state index contributed by atoms with van der Waals surface area (Å²) in [7, 11) is 0. The fraction of sp³-hybridized carbons (Fsp3) is 0.267. The molecule has 1 fully saturated rings. The number of aromatic hydroxyl groups is 1. The van der Waals surface area contributed by atoms with Gasteiger partial charge in [0.15, 0.2) is 0 Å². The Hall–Kier alpha value is -2.83. The monoisotopic (exact) mass is 300 g/mol. The number of piperazine rings is 1. The summed E-state index contributed by atoms with van der Waals surface area (Å²) in [6, 6.07) is 8.21. The molecule has 1 aliphatic rings. The number of aromatic nitrogens is 2. The molecule has 2 aromatic rings. The molecule has 114 valence electrons. The topological polar surface area (TPSA) is 89.5 Å². The minimum Gasteiger partial charge on any atom is -0.508 e. The first-order chi connectivity index (χ1) is 10.6. The largest absolute Gasteiger partial charge is 0.508 e. The number of aromatic amines is 1. The van der Waals surface area contributed by atoms with E-state index in [2.05, 4.69) is 14.9 Å². The van der Waals surface area contributed by atoms with Gasteiger partial charge in [-0.1, -0.05) is 0 Å². The fourth-order valence-electron chi connectivity index (χ4n) is 2.48. The molecular formula is C15H16N4O3. The van der Waals surface area contributed by atoms with Crippen molar-refractivity contribution in [3.63, 3.8) is 0 Å². The minimum atomic E-state index is -0.332. The van der Waals surface area contributed by atoms with Crippen molar-refractivity contribution in [2.24, 2.45) is 0 Å². The summed E-state index contributed by atoms with van der Waals surface area (Å²) in [5, 5.41) is 9.31. The standard InChI is InChI=1S/C15H16N4O3/c20-12-3-1-11(2-4-12)18-5-7-19(8-6-18)15(22)13-9-14(21)17-10-16-13/h1-4,9-10,20H,5-8H2,(H,16,17,21). The van der Waals surface area contributed by atoms with E-state index >= 15 is 0 Å². The fourth-order valence-corrected chi connectivity index (χ4v) is 2.48. The Balaban J connectivity index is 1.65. The van der Waals surface area contributed by atoms with Crippen LogP contribution in [0.4, 0.5) is 5.69 Å². The Kier molecular flexibility index (Phi) is 3.78. The molecule has 7 heteroatoms. The van der Waals surface area contributed by atoms with Gasteiger partial charge in [-0.15, -0.1) is 0 Å². The third kappa shape index (κ3) is 2.93. The van der Waals surface area contributed by atoms with Gasteiger partial charge in [0.05, 0.1) is 6.33 Å². The zero-order chi connectivity index (χ0) is 15.5. The summed E-state index contributed by atoms with van der Waals surface area (Å²) in [5.74, 6) is 0.00870. The smallest absolute Gasteiger partial charge is 0.272 e. The van der Waals surface area contributed by atoms with E-state index in [1.807, 2.05) is 12.1 Å². The van der Waals surface area contributed by atoms with Crippen LogP contribution in [-0.4, -0.2) is 52.1 Å². The lowest BCUT2D eigenvalue weighted by atomic mass is 10.2. The van der Waals surface area contributed by atoms with Gasteiger partial charge in [0, 0.05) is 37.9 Å². The van der Waals surface area contributed by atoms with Crippen LogP contribution in [0.3, 0.4) is 0 Å². The molecule has 0 aliphatic carbocycles. The Bertz CT molecular complexity index is 718. The molecular weight excluding hydrogens is 284 g/mol. The third-order valence-corrected chi connectivity index (χ3v) is 3.68. The average molecular weight is 300 g/mol. The van der Waals surface area contributed by atoms with Crippen molar-refractivity contribution >= 4 is 11.6 Å². The van der Waals surface area contributed by atoms with Crippen molar-refractivity contribution in [1.82, 2.24) is 14.9 Å². The molecule has 1 aromatic carbocycles. The maximum atomic E-state index is 12.3. The number of rotatable bonds is 2. The van der Waals surface area contributed by atoms with Gasteiger partial charge in [-0.05, 0) is 24.3 Å². The number of nitrogens with zero attached hydrogens (tertiary/aromatic N) is 3. The Labute approximate surface area is 126 Å². The number of benzene rings is 1. The highest BCUT2D eigenvalue weighted by Gasteiger charge is 2.23. The van der Waals surface area contributed by atoms with Crippen LogP contribution in [0.5, 0.6) is 5.75 Å². The molecule has 0 saturated carbocycles. The molecule has 2 heterocycles. The summed E-state index contributed by atoms with van der Waals surface area (Å²) in [6.45, 7) is 2.52. The van der Waals surface area contributed by atoms with E-state index in [0.29, 0.717) is 26.2 Å². The van der Waals surface area contributed by atoms with Gasteiger partial charge >= 0.3 is 0 Å². The summed E-state index contributed by atoms with van der Waals surface area (Å²) < 4.78 is 0. The highest BCUT2D eigenvalue weighted by molar-refractivity contribution is 5.92. The number of amides is 1. The van der Waals surface area contributed by atoms with E-state index in [-0.39, 0.29) is 22.9 Å². The summed E-state index contributed by atoms with van der Waals surface area (Å²) in [4.78, 5) is 33.7. The third-order valence-electron chi connectivity index (χ3n) is 3.68. The van der Waals surface area contributed by atoms with Crippen molar-refractivity contribution in [2.75, 3.05) is 31.1 Å². The lowest BCUT2D eigenvalue weighted by Gasteiger charge is -2.35. The van der Waals surface area contributed by atoms with Gasteiger partial charge in [-0.2, -0.15) is 0 Å². The predicted octanol–water partition coefficient (Wildman–Crippen LogP) is 0.438. The highest BCUT2D eigenvalue weighted by Crippen LogP contribution is 2.20. The number of hydrogen-bond acceptors (Lipinski definition) is 5. The number of H-pyrrole nitrogens is 1. The first-order valence-electron chi connectivity index (χ1n) is 7.01. The average Bonchev–Trinajstić information content (AvgIpc) is 2.55. The molecule has 0 spiro atoms. The highest BCUT2D eigenvalue weighted by atomic mass is 16.3. The van der Waals surface area contributed by atoms with Crippen molar-refractivity contribution in [3.8, 4) is 5.75 Å². The molecule has 0 unspecified atom stereocenters. The van der Waals surface area contributed by atoms with Gasteiger partial charge in [0.25, 0.3) is 11.5 Å². The molecule has 0 atom stereocenters. The molecule has 1 aliphatic heterocycles. The van der Waals surface area contributed by atoms with E-state index in [1.165, 1.54) is 12.4 Å². The van der Waals surface area contributed by atoms with E-state index < -0.39 is 0 Å². The van der Waals surface area contributed by atoms with Gasteiger partial charge in [-0.25, -0.2) is 4.98 Å². The molecule has 1 aromatic heterocycles. The van der Waals surface area contributed by atoms with Crippen LogP contribution in [0.15, 0.2) is 41.5 Å². The van der Waals surface area contributed by atoms with E-state index in [0.717, 1.165) is 5.69 Å². The minimum absolute atomic E-state index is 0.168. The Morgan fingerprint density at radius 1 is 1.14 bits per heavy atom.